The zero-order valence-corrected chi connectivity index (χ0v) is 13.4. The van der Waals surface area contributed by atoms with Crippen molar-refractivity contribution in [3.63, 3.8) is 0 Å². The van der Waals surface area contributed by atoms with Crippen LogP contribution in [0.5, 0.6) is 0 Å². The third-order valence-corrected chi connectivity index (χ3v) is 5.01. The lowest BCUT2D eigenvalue weighted by atomic mass is 9.86. The Morgan fingerprint density at radius 3 is 2.65 bits per heavy atom. The largest absolute Gasteiger partial charge is 0.393 e. The quantitative estimate of drug-likeness (QED) is 0.839. The van der Waals surface area contributed by atoms with Crippen molar-refractivity contribution >= 4 is 5.91 Å². The molecule has 1 amide bonds. The maximum atomic E-state index is 12.9. The number of aliphatic hydroxyl groups is 1. The molecular weight excluding hydrogens is 252 g/mol. The van der Waals surface area contributed by atoms with E-state index >= 15 is 0 Å². The van der Waals surface area contributed by atoms with E-state index in [-0.39, 0.29) is 17.4 Å². The molecule has 1 unspecified atom stereocenters. The molecule has 0 radical (unpaired) electrons. The number of hydrogen-bond donors (Lipinski definition) is 1. The zero-order valence-electron chi connectivity index (χ0n) is 13.4. The molecule has 116 valence electrons. The molecule has 2 heterocycles. The van der Waals surface area contributed by atoms with E-state index in [1.807, 2.05) is 4.90 Å². The Labute approximate surface area is 123 Å². The molecule has 1 N–H and O–H groups in total. The van der Waals surface area contributed by atoms with Gasteiger partial charge in [0.1, 0.15) is 0 Å². The molecule has 20 heavy (non-hydrogen) atoms. The SMILES string of the molecule is CC[C@@H]1[C@@H](C(=O)N2CCC(O)CC(C)(C)C2)CCN1C. The van der Waals surface area contributed by atoms with Gasteiger partial charge in [-0.15, -0.1) is 0 Å². The van der Waals surface area contributed by atoms with Crippen LogP contribution in [0.2, 0.25) is 0 Å². The van der Waals surface area contributed by atoms with Crippen LogP contribution in [0.4, 0.5) is 0 Å². The summed E-state index contributed by atoms with van der Waals surface area (Å²) in [6, 6.07) is 0.388. The van der Waals surface area contributed by atoms with E-state index in [1.165, 1.54) is 0 Å². The van der Waals surface area contributed by atoms with Gasteiger partial charge >= 0.3 is 0 Å². The molecule has 0 spiro atoms. The topological polar surface area (TPSA) is 43.8 Å². The number of likely N-dealkylation sites (tertiary alicyclic amines) is 2. The number of carbonyl (C=O) groups is 1. The van der Waals surface area contributed by atoms with Gasteiger partial charge in [0.25, 0.3) is 0 Å². The predicted molar refractivity (Wildman–Crippen MR) is 80.4 cm³/mol. The number of nitrogens with zero attached hydrogens (tertiary/aromatic N) is 2. The normalized spacial score (nSPS) is 35.0. The lowest BCUT2D eigenvalue weighted by Crippen LogP contribution is -2.44. The molecule has 0 aliphatic carbocycles. The average Bonchev–Trinajstić information content (AvgIpc) is 2.66. The highest BCUT2D eigenvalue weighted by Crippen LogP contribution is 2.32. The van der Waals surface area contributed by atoms with E-state index < -0.39 is 0 Å². The Bertz CT molecular complexity index is 356. The summed E-state index contributed by atoms with van der Waals surface area (Å²) >= 11 is 0. The van der Waals surface area contributed by atoms with E-state index in [1.54, 1.807) is 0 Å². The standard InChI is InChI=1S/C16H30N2O2/c1-5-14-13(7-8-17(14)4)15(20)18-9-6-12(19)10-16(2,3)11-18/h12-14,19H,5-11H2,1-4H3/t12?,13-,14+/m0/s1. The number of aliphatic hydroxyl groups excluding tert-OH is 1. The Balaban J connectivity index is 2.08. The van der Waals surface area contributed by atoms with Crippen molar-refractivity contribution in [2.75, 3.05) is 26.7 Å². The van der Waals surface area contributed by atoms with Crippen LogP contribution < -0.4 is 0 Å². The maximum absolute atomic E-state index is 12.9. The van der Waals surface area contributed by atoms with Gasteiger partial charge in [-0.1, -0.05) is 20.8 Å². The van der Waals surface area contributed by atoms with Crippen LogP contribution in [-0.2, 0) is 4.79 Å². The van der Waals surface area contributed by atoms with Crippen LogP contribution in [0.1, 0.15) is 46.5 Å². The molecule has 0 aromatic rings. The summed E-state index contributed by atoms with van der Waals surface area (Å²) in [5.41, 5.74) is 0.0117. The minimum absolute atomic E-state index is 0.0117. The van der Waals surface area contributed by atoms with E-state index in [4.69, 9.17) is 0 Å². The molecule has 0 bridgehead atoms. The summed E-state index contributed by atoms with van der Waals surface area (Å²) in [4.78, 5) is 17.2. The molecule has 0 aromatic heterocycles. The van der Waals surface area contributed by atoms with Crippen molar-refractivity contribution in [3.05, 3.63) is 0 Å². The Morgan fingerprint density at radius 1 is 1.30 bits per heavy atom. The molecule has 0 aromatic carbocycles. The van der Waals surface area contributed by atoms with Gasteiger partial charge in [-0.25, -0.2) is 0 Å². The van der Waals surface area contributed by atoms with Gasteiger partial charge in [-0.3, -0.25) is 4.79 Å². The molecule has 0 saturated carbocycles. The van der Waals surface area contributed by atoms with E-state index in [9.17, 15) is 9.90 Å². The molecule has 2 saturated heterocycles. The van der Waals surface area contributed by atoms with Crippen LogP contribution in [-0.4, -0.2) is 59.6 Å². The van der Waals surface area contributed by atoms with E-state index in [2.05, 4.69) is 32.7 Å². The molecule has 2 aliphatic rings. The van der Waals surface area contributed by atoms with E-state index in [0.29, 0.717) is 24.9 Å². The first kappa shape index (κ1) is 15.8. The molecular formula is C16H30N2O2. The van der Waals surface area contributed by atoms with Gasteiger partial charge in [-0.05, 0) is 44.7 Å². The number of carbonyl (C=O) groups excluding carboxylic acids is 1. The van der Waals surface area contributed by atoms with Crippen LogP contribution in [0.3, 0.4) is 0 Å². The summed E-state index contributed by atoms with van der Waals surface area (Å²) < 4.78 is 0. The van der Waals surface area contributed by atoms with Gasteiger partial charge in [0, 0.05) is 19.1 Å². The zero-order chi connectivity index (χ0) is 14.9. The van der Waals surface area contributed by atoms with Gasteiger partial charge in [-0.2, -0.15) is 0 Å². The smallest absolute Gasteiger partial charge is 0.227 e. The second-order valence-corrected chi connectivity index (χ2v) is 7.42. The van der Waals surface area contributed by atoms with Gasteiger partial charge < -0.3 is 14.9 Å². The highest BCUT2D eigenvalue weighted by molar-refractivity contribution is 5.80. The minimum atomic E-state index is -0.268. The van der Waals surface area contributed by atoms with Crippen molar-refractivity contribution in [3.8, 4) is 0 Å². The number of hydrogen-bond acceptors (Lipinski definition) is 3. The lowest BCUT2D eigenvalue weighted by molar-refractivity contribution is -0.137. The van der Waals surface area contributed by atoms with Crippen molar-refractivity contribution in [2.45, 2.75) is 58.6 Å². The summed E-state index contributed by atoms with van der Waals surface area (Å²) in [5.74, 6) is 0.458. The van der Waals surface area contributed by atoms with Crippen molar-refractivity contribution in [2.24, 2.45) is 11.3 Å². The number of rotatable bonds is 2. The first-order valence-electron chi connectivity index (χ1n) is 8.01. The predicted octanol–water partition coefficient (Wildman–Crippen LogP) is 1.73. The first-order valence-corrected chi connectivity index (χ1v) is 8.01. The second-order valence-electron chi connectivity index (χ2n) is 7.42. The Morgan fingerprint density at radius 2 is 2.00 bits per heavy atom. The summed E-state index contributed by atoms with van der Waals surface area (Å²) in [6.45, 7) is 8.98. The van der Waals surface area contributed by atoms with Crippen molar-refractivity contribution < 1.29 is 9.90 Å². The number of amides is 1. The lowest BCUT2D eigenvalue weighted by Gasteiger charge is -2.33. The van der Waals surface area contributed by atoms with Crippen LogP contribution in [0.25, 0.3) is 0 Å². The van der Waals surface area contributed by atoms with Gasteiger partial charge in [0.05, 0.1) is 12.0 Å². The molecule has 4 nitrogen and oxygen atoms in total. The highest BCUT2D eigenvalue weighted by Gasteiger charge is 2.40. The molecule has 2 rings (SSSR count). The fourth-order valence-corrected chi connectivity index (χ4v) is 4.02. The summed E-state index contributed by atoms with van der Waals surface area (Å²) in [7, 11) is 2.12. The minimum Gasteiger partial charge on any atom is -0.393 e. The fourth-order valence-electron chi connectivity index (χ4n) is 4.02. The van der Waals surface area contributed by atoms with Gasteiger partial charge in [0.2, 0.25) is 5.91 Å². The Kier molecular flexibility index (Phi) is 4.75. The van der Waals surface area contributed by atoms with E-state index in [0.717, 1.165) is 32.4 Å². The Hall–Kier alpha value is -0.610. The molecule has 4 heteroatoms. The highest BCUT2D eigenvalue weighted by atomic mass is 16.3. The second kappa shape index (κ2) is 6.02. The molecule has 2 fully saturated rings. The van der Waals surface area contributed by atoms with Crippen molar-refractivity contribution in [1.29, 1.82) is 0 Å². The summed E-state index contributed by atoms with van der Waals surface area (Å²) in [5, 5.41) is 9.98. The maximum Gasteiger partial charge on any atom is 0.227 e. The first-order chi connectivity index (χ1) is 9.34. The third-order valence-electron chi connectivity index (χ3n) is 5.01. The van der Waals surface area contributed by atoms with Gasteiger partial charge in [0.15, 0.2) is 0 Å². The molecule has 3 atom stereocenters. The fraction of sp³-hybridized carbons (Fsp3) is 0.938. The van der Waals surface area contributed by atoms with Crippen molar-refractivity contribution in [1.82, 2.24) is 9.80 Å². The van der Waals surface area contributed by atoms with Crippen LogP contribution in [0, 0.1) is 11.3 Å². The molecule has 2 aliphatic heterocycles. The van der Waals surface area contributed by atoms with Crippen LogP contribution in [0.15, 0.2) is 0 Å². The third kappa shape index (κ3) is 3.34. The summed E-state index contributed by atoms with van der Waals surface area (Å²) in [6.07, 6.45) is 3.25. The van der Waals surface area contributed by atoms with Crippen LogP contribution >= 0.6 is 0 Å². The average molecular weight is 282 g/mol. The monoisotopic (exact) mass is 282 g/mol.